The average Bonchev–Trinajstić information content (AvgIpc) is 3.33. The van der Waals surface area contributed by atoms with Crippen molar-refractivity contribution in [3.05, 3.63) is 84.2 Å². The highest BCUT2D eigenvalue weighted by Gasteiger charge is 2.22. The smallest absolute Gasteiger partial charge is 0.222 e. The molecule has 0 spiro atoms. The molecule has 1 fully saturated rings. The first-order valence-corrected chi connectivity index (χ1v) is 14.7. The van der Waals surface area contributed by atoms with Crippen LogP contribution < -0.4 is 9.64 Å². The molecular formula is C31H31FN6O2S. The highest BCUT2D eigenvalue weighted by atomic mass is 32.2. The number of rotatable bonds is 9. The summed E-state index contributed by atoms with van der Waals surface area (Å²) in [6, 6.07) is 22.5. The summed E-state index contributed by atoms with van der Waals surface area (Å²) in [6.07, 6.45) is 1.22. The maximum absolute atomic E-state index is 13.5. The summed E-state index contributed by atoms with van der Waals surface area (Å²) in [5, 5.41) is 10.5. The van der Waals surface area contributed by atoms with E-state index in [2.05, 4.69) is 25.7 Å². The minimum absolute atomic E-state index is 0.180. The number of aromatic nitrogens is 4. The number of carbonyl (C=O) groups is 1. The molecule has 0 bridgehead atoms. The van der Waals surface area contributed by atoms with Gasteiger partial charge in [0.1, 0.15) is 17.1 Å². The molecule has 3 heterocycles. The van der Waals surface area contributed by atoms with Gasteiger partial charge in [0.25, 0.3) is 0 Å². The lowest BCUT2D eigenvalue weighted by Gasteiger charge is -2.36. The second-order valence-corrected chi connectivity index (χ2v) is 11.1. The molecule has 2 aromatic heterocycles. The summed E-state index contributed by atoms with van der Waals surface area (Å²) in [4.78, 5) is 22.0. The van der Waals surface area contributed by atoms with Crippen molar-refractivity contribution < 1.29 is 13.9 Å². The van der Waals surface area contributed by atoms with Crippen LogP contribution in [0, 0.1) is 5.82 Å². The quantitative estimate of drug-likeness (QED) is 0.174. The standard InChI is InChI=1S/C31H31FN6O2S/c1-40-27-10-5-4-9-26(27)36-16-18-37(19-17-36)28(39)11-6-20-41-31-33-30-29(34-35-31)24-7-2-3-8-25(24)38(30)21-22-12-14-23(32)15-13-22/h2-5,7-10,12-15H,6,11,16-21H2,1H3. The number of amides is 1. The van der Waals surface area contributed by atoms with E-state index in [4.69, 9.17) is 9.72 Å². The van der Waals surface area contributed by atoms with Gasteiger partial charge in [0.2, 0.25) is 11.1 Å². The summed E-state index contributed by atoms with van der Waals surface area (Å²) in [7, 11) is 1.68. The lowest BCUT2D eigenvalue weighted by molar-refractivity contribution is -0.131. The minimum Gasteiger partial charge on any atom is -0.495 e. The van der Waals surface area contributed by atoms with Crippen LogP contribution in [0.25, 0.3) is 22.1 Å². The molecule has 0 saturated carbocycles. The van der Waals surface area contributed by atoms with Gasteiger partial charge in [-0.05, 0) is 42.3 Å². The molecule has 10 heteroatoms. The number of para-hydroxylation sites is 3. The Hall–Kier alpha value is -4.18. The van der Waals surface area contributed by atoms with Crippen molar-refractivity contribution in [2.75, 3.05) is 43.9 Å². The van der Waals surface area contributed by atoms with E-state index in [1.807, 2.05) is 47.4 Å². The molecule has 0 N–H and O–H groups in total. The minimum atomic E-state index is -0.257. The number of piperazine rings is 1. The summed E-state index contributed by atoms with van der Waals surface area (Å²) in [5.41, 5.74) is 4.55. The fraction of sp³-hybridized carbons (Fsp3) is 0.290. The number of benzene rings is 3. The fourth-order valence-corrected chi connectivity index (χ4v) is 6.04. The monoisotopic (exact) mass is 570 g/mol. The van der Waals surface area contributed by atoms with Crippen LogP contribution in [0.5, 0.6) is 5.75 Å². The summed E-state index contributed by atoms with van der Waals surface area (Å²) < 4.78 is 21.1. The van der Waals surface area contributed by atoms with Gasteiger partial charge in [0.15, 0.2) is 5.65 Å². The van der Waals surface area contributed by atoms with Gasteiger partial charge < -0.3 is 19.1 Å². The molecule has 41 heavy (non-hydrogen) atoms. The van der Waals surface area contributed by atoms with Crippen molar-refractivity contribution >= 4 is 45.4 Å². The molecule has 0 atom stereocenters. The maximum atomic E-state index is 13.5. The normalized spacial score (nSPS) is 13.7. The molecule has 6 rings (SSSR count). The Morgan fingerprint density at radius 1 is 0.951 bits per heavy atom. The maximum Gasteiger partial charge on any atom is 0.222 e. The molecule has 1 aliphatic heterocycles. The summed E-state index contributed by atoms with van der Waals surface area (Å²) in [6.45, 7) is 3.52. The van der Waals surface area contributed by atoms with Crippen molar-refractivity contribution in [1.29, 1.82) is 0 Å². The topological polar surface area (TPSA) is 76.4 Å². The van der Waals surface area contributed by atoms with Crippen LogP contribution in [-0.2, 0) is 11.3 Å². The van der Waals surface area contributed by atoms with Crippen molar-refractivity contribution in [3.63, 3.8) is 0 Å². The Morgan fingerprint density at radius 2 is 1.71 bits per heavy atom. The number of thioether (sulfide) groups is 1. The zero-order valence-electron chi connectivity index (χ0n) is 22.9. The van der Waals surface area contributed by atoms with Crippen molar-refractivity contribution in [1.82, 2.24) is 24.6 Å². The van der Waals surface area contributed by atoms with Gasteiger partial charge in [-0.3, -0.25) is 4.79 Å². The second-order valence-electron chi connectivity index (χ2n) is 9.99. The number of halogens is 1. The van der Waals surface area contributed by atoms with Gasteiger partial charge in [-0.1, -0.05) is 54.2 Å². The van der Waals surface area contributed by atoms with Gasteiger partial charge in [0.05, 0.1) is 18.3 Å². The van der Waals surface area contributed by atoms with E-state index >= 15 is 0 Å². The molecule has 1 aliphatic rings. The summed E-state index contributed by atoms with van der Waals surface area (Å²) >= 11 is 1.51. The molecule has 8 nitrogen and oxygen atoms in total. The van der Waals surface area contributed by atoms with E-state index in [9.17, 15) is 9.18 Å². The largest absolute Gasteiger partial charge is 0.495 e. The highest BCUT2D eigenvalue weighted by Crippen LogP contribution is 2.30. The number of anilines is 1. The number of ether oxygens (including phenoxy) is 1. The van der Waals surface area contributed by atoms with Crippen LogP contribution >= 0.6 is 11.8 Å². The molecule has 0 unspecified atom stereocenters. The first kappa shape index (κ1) is 27.0. The van der Waals surface area contributed by atoms with Gasteiger partial charge in [-0.15, -0.1) is 10.2 Å². The SMILES string of the molecule is COc1ccccc1N1CCN(C(=O)CCCSc2nnc3c4ccccc4n(Cc4ccc(F)cc4)c3n2)CC1. The number of fused-ring (bicyclic) bond motifs is 3. The molecule has 0 radical (unpaired) electrons. The molecule has 0 aliphatic carbocycles. The van der Waals surface area contributed by atoms with Crippen LogP contribution in [0.15, 0.2) is 78.0 Å². The van der Waals surface area contributed by atoms with E-state index < -0.39 is 0 Å². The highest BCUT2D eigenvalue weighted by molar-refractivity contribution is 7.99. The molecule has 210 valence electrons. The first-order chi connectivity index (χ1) is 20.1. The van der Waals surface area contributed by atoms with Crippen molar-refractivity contribution in [2.24, 2.45) is 0 Å². The third-order valence-corrected chi connectivity index (χ3v) is 8.36. The number of carbonyl (C=O) groups excluding carboxylic acids is 1. The number of methoxy groups -OCH3 is 1. The Kier molecular flexibility index (Phi) is 8.00. The third kappa shape index (κ3) is 5.83. The van der Waals surface area contributed by atoms with Gasteiger partial charge in [-0.2, -0.15) is 0 Å². The zero-order valence-corrected chi connectivity index (χ0v) is 23.7. The van der Waals surface area contributed by atoms with Crippen LogP contribution in [0.2, 0.25) is 0 Å². The lowest BCUT2D eigenvalue weighted by atomic mass is 10.2. The first-order valence-electron chi connectivity index (χ1n) is 13.8. The lowest BCUT2D eigenvalue weighted by Crippen LogP contribution is -2.48. The van der Waals surface area contributed by atoms with E-state index in [1.54, 1.807) is 19.2 Å². The Bertz CT molecular complexity index is 1670. The Balaban J connectivity index is 1.06. The average molecular weight is 571 g/mol. The molecular weight excluding hydrogens is 539 g/mol. The fourth-order valence-electron chi connectivity index (χ4n) is 5.32. The predicted molar refractivity (Wildman–Crippen MR) is 160 cm³/mol. The van der Waals surface area contributed by atoms with E-state index in [-0.39, 0.29) is 11.7 Å². The van der Waals surface area contributed by atoms with Crippen molar-refractivity contribution in [2.45, 2.75) is 24.5 Å². The van der Waals surface area contributed by atoms with Crippen molar-refractivity contribution in [3.8, 4) is 5.75 Å². The molecule has 3 aromatic carbocycles. The van der Waals surface area contributed by atoms with E-state index in [1.165, 1.54) is 23.9 Å². The van der Waals surface area contributed by atoms with Crippen LogP contribution in [0.1, 0.15) is 18.4 Å². The third-order valence-electron chi connectivity index (χ3n) is 7.43. The van der Waals surface area contributed by atoms with E-state index in [0.717, 1.165) is 64.3 Å². The predicted octanol–water partition coefficient (Wildman–Crippen LogP) is 5.40. The number of hydrogen-bond donors (Lipinski definition) is 0. The van der Waals surface area contributed by atoms with Gasteiger partial charge in [0, 0.05) is 50.3 Å². The molecule has 1 amide bonds. The molecule has 5 aromatic rings. The Labute approximate surface area is 242 Å². The van der Waals surface area contributed by atoms with E-state index in [0.29, 0.717) is 31.2 Å². The Morgan fingerprint density at radius 3 is 2.51 bits per heavy atom. The molecule has 1 saturated heterocycles. The second kappa shape index (κ2) is 12.1. The zero-order chi connectivity index (χ0) is 28.2. The van der Waals surface area contributed by atoms with Crippen LogP contribution in [0.3, 0.4) is 0 Å². The van der Waals surface area contributed by atoms with Crippen LogP contribution in [0.4, 0.5) is 10.1 Å². The van der Waals surface area contributed by atoms with Gasteiger partial charge >= 0.3 is 0 Å². The number of hydrogen-bond acceptors (Lipinski definition) is 7. The van der Waals surface area contributed by atoms with Gasteiger partial charge in [-0.25, -0.2) is 9.37 Å². The number of nitrogens with zero attached hydrogens (tertiary/aromatic N) is 6. The van der Waals surface area contributed by atoms with Crippen LogP contribution in [-0.4, -0.2) is 69.6 Å². The summed E-state index contributed by atoms with van der Waals surface area (Å²) in [5.74, 6) is 1.50.